The van der Waals surface area contributed by atoms with Crippen molar-refractivity contribution < 1.29 is 4.39 Å². The van der Waals surface area contributed by atoms with Crippen molar-refractivity contribution in [3.05, 3.63) is 70.5 Å². The van der Waals surface area contributed by atoms with E-state index in [9.17, 15) is 4.39 Å². The lowest BCUT2D eigenvalue weighted by Crippen LogP contribution is -2.12. The van der Waals surface area contributed by atoms with Gasteiger partial charge < -0.3 is 0 Å². The zero-order valence-electron chi connectivity index (χ0n) is 15.0. The minimum absolute atomic E-state index is 0.275. The van der Waals surface area contributed by atoms with Crippen LogP contribution in [0.2, 0.25) is 0 Å². The summed E-state index contributed by atoms with van der Waals surface area (Å²) >= 11 is 0. The number of hydrogen-bond acceptors (Lipinski definition) is 1. The summed E-state index contributed by atoms with van der Waals surface area (Å²) in [5.74, 6) is 1.37. The van der Waals surface area contributed by atoms with Gasteiger partial charge in [0.25, 0.3) is 0 Å². The van der Waals surface area contributed by atoms with Gasteiger partial charge in [0.1, 0.15) is 5.82 Å². The quantitative estimate of drug-likeness (QED) is 0.641. The van der Waals surface area contributed by atoms with E-state index in [1.54, 1.807) is 12.1 Å². The van der Waals surface area contributed by atoms with Crippen molar-refractivity contribution in [1.82, 2.24) is 0 Å². The Morgan fingerprint density at radius 2 is 1.72 bits per heavy atom. The summed E-state index contributed by atoms with van der Waals surface area (Å²) in [4.78, 5) is 0. The topological polar surface area (TPSA) is 23.8 Å². The van der Waals surface area contributed by atoms with Crippen LogP contribution in [-0.2, 0) is 12.8 Å². The Hall–Kier alpha value is -2.14. The van der Waals surface area contributed by atoms with Crippen LogP contribution in [-0.4, -0.2) is 0 Å². The number of aryl methyl sites for hydroxylation is 2. The summed E-state index contributed by atoms with van der Waals surface area (Å²) in [7, 11) is 0. The molecule has 0 unspecified atom stereocenters. The first-order valence-electron chi connectivity index (χ1n) is 9.47. The maximum atomic E-state index is 14.0. The molecule has 2 aromatic rings. The van der Waals surface area contributed by atoms with Gasteiger partial charge in [-0.15, -0.1) is 0 Å². The molecule has 0 aromatic heterocycles. The highest BCUT2D eigenvalue weighted by molar-refractivity contribution is 5.33. The molecular formula is C23H26FN. The third kappa shape index (κ3) is 4.48. The number of benzene rings is 2. The Labute approximate surface area is 150 Å². The van der Waals surface area contributed by atoms with E-state index in [0.717, 1.165) is 12.3 Å². The van der Waals surface area contributed by atoms with E-state index < -0.39 is 0 Å². The van der Waals surface area contributed by atoms with Crippen LogP contribution in [0.5, 0.6) is 0 Å². The molecule has 2 aromatic carbocycles. The zero-order chi connectivity index (χ0) is 17.6. The Bertz CT molecular complexity index is 734. The number of nitriles is 1. The van der Waals surface area contributed by atoms with Crippen molar-refractivity contribution in [2.75, 3.05) is 0 Å². The number of halogens is 1. The molecule has 0 saturated heterocycles. The van der Waals surface area contributed by atoms with E-state index in [0.29, 0.717) is 23.5 Å². The lowest BCUT2D eigenvalue weighted by Gasteiger charge is -2.28. The molecule has 1 nitrogen and oxygen atoms in total. The monoisotopic (exact) mass is 335 g/mol. The first kappa shape index (κ1) is 17.7. The second-order valence-corrected chi connectivity index (χ2v) is 7.29. The maximum Gasteiger partial charge on any atom is 0.127 e. The summed E-state index contributed by atoms with van der Waals surface area (Å²) in [6.07, 6.45) is 8.16. The van der Waals surface area contributed by atoms with E-state index in [1.165, 1.54) is 49.3 Å². The highest BCUT2D eigenvalue weighted by Crippen LogP contribution is 2.36. The summed E-state index contributed by atoms with van der Waals surface area (Å²) in [5.41, 5.74) is 3.77. The Morgan fingerprint density at radius 3 is 2.32 bits per heavy atom. The van der Waals surface area contributed by atoms with Crippen molar-refractivity contribution in [2.45, 2.75) is 57.8 Å². The molecule has 1 aliphatic carbocycles. The Balaban J connectivity index is 1.57. The van der Waals surface area contributed by atoms with Crippen molar-refractivity contribution in [3.63, 3.8) is 0 Å². The molecule has 1 fully saturated rings. The van der Waals surface area contributed by atoms with Gasteiger partial charge in [0.05, 0.1) is 11.6 Å². The molecule has 0 heterocycles. The van der Waals surface area contributed by atoms with E-state index in [2.05, 4.69) is 31.2 Å². The minimum Gasteiger partial charge on any atom is -0.207 e. The van der Waals surface area contributed by atoms with Gasteiger partial charge in [0.2, 0.25) is 0 Å². The van der Waals surface area contributed by atoms with E-state index in [1.807, 2.05) is 6.07 Å². The average Bonchev–Trinajstić information content (AvgIpc) is 2.67. The second-order valence-electron chi connectivity index (χ2n) is 7.29. The van der Waals surface area contributed by atoms with E-state index in [-0.39, 0.29) is 5.82 Å². The molecule has 3 rings (SSSR count). The predicted molar refractivity (Wildman–Crippen MR) is 100.0 cm³/mol. The SMILES string of the molecule is CCC1CCC(c2ccc(CCc3ccc(C#N)cc3F)cc2)CC1. The van der Waals surface area contributed by atoms with Crippen LogP contribution < -0.4 is 0 Å². The van der Waals surface area contributed by atoms with Crippen molar-refractivity contribution in [3.8, 4) is 6.07 Å². The minimum atomic E-state index is -0.275. The first-order chi connectivity index (χ1) is 12.2. The fourth-order valence-corrected chi connectivity index (χ4v) is 3.96. The van der Waals surface area contributed by atoms with Gasteiger partial charge in [-0.05, 0) is 79.2 Å². The van der Waals surface area contributed by atoms with Gasteiger partial charge in [-0.25, -0.2) is 4.39 Å². The molecule has 0 bridgehead atoms. The Morgan fingerprint density at radius 1 is 1.00 bits per heavy atom. The molecule has 0 aliphatic heterocycles. The van der Waals surface area contributed by atoms with Crippen LogP contribution in [0.3, 0.4) is 0 Å². The van der Waals surface area contributed by atoms with Crippen LogP contribution in [0.1, 0.15) is 67.2 Å². The van der Waals surface area contributed by atoms with Crippen molar-refractivity contribution in [1.29, 1.82) is 5.26 Å². The second kappa shape index (κ2) is 8.30. The molecule has 2 heteroatoms. The predicted octanol–water partition coefficient (Wildman–Crippen LogP) is 6.17. The first-order valence-corrected chi connectivity index (χ1v) is 9.47. The standard InChI is InChI=1S/C23H26FN/c1-2-17-3-9-20(10-4-17)21-11-5-18(6-12-21)7-13-22-14-8-19(16-25)15-23(22)24/h5-6,8,11-12,14-15,17,20H,2-4,7,9-10,13H2,1H3. The smallest absolute Gasteiger partial charge is 0.127 e. The largest absolute Gasteiger partial charge is 0.207 e. The van der Waals surface area contributed by atoms with Gasteiger partial charge in [-0.1, -0.05) is 43.7 Å². The van der Waals surface area contributed by atoms with E-state index >= 15 is 0 Å². The lowest BCUT2D eigenvalue weighted by atomic mass is 9.78. The molecule has 130 valence electrons. The van der Waals surface area contributed by atoms with Crippen LogP contribution in [0, 0.1) is 23.1 Å². The lowest BCUT2D eigenvalue weighted by molar-refractivity contribution is 0.319. The Kier molecular flexibility index (Phi) is 5.87. The van der Waals surface area contributed by atoms with Crippen LogP contribution in [0.4, 0.5) is 4.39 Å². The molecule has 1 aliphatic rings. The number of rotatable bonds is 5. The van der Waals surface area contributed by atoms with Gasteiger partial charge in [0.15, 0.2) is 0 Å². The van der Waals surface area contributed by atoms with Gasteiger partial charge >= 0.3 is 0 Å². The molecule has 25 heavy (non-hydrogen) atoms. The van der Waals surface area contributed by atoms with E-state index in [4.69, 9.17) is 5.26 Å². The molecule has 1 saturated carbocycles. The number of hydrogen-bond donors (Lipinski definition) is 0. The molecule has 0 amide bonds. The maximum absolute atomic E-state index is 14.0. The summed E-state index contributed by atoms with van der Waals surface area (Å²) in [6, 6.07) is 15.6. The fraction of sp³-hybridized carbons (Fsp3) is 0.435. The fourth-order valence-electron chi connectivity index (χ4n) is 3.96. The van der Waals surface area contributed by atoms with Crippen molar-refractivity contribution >= 4 is 0 Å². The van der Waals surface area contributed by atoms with Gasteiger partial charge in [0, 0.05) is 0 Å². The molecule has 0 N–H and O–H groups in total. The highest BCUT2D eigenvalue weighted by Gasteiger charge is 2.21. The molecular weight excluding hydrogens is 309 g/mol. The molecule has 0 radical (unpaired) electrons. The average molecular weight is 335 g/mol. The van der Waals surface area contributed by atoms with Gasteiger partial charge in [-0.3, -0.25) is 0 Å². The molecule has 0 spiro atoms. The highest BCUT2D eigenvalue weighted by atomic mass is 19.1. The third-order valence-electron chi connectivity index (χ3n) is 5.74. The summed E-state index contributed by atoms with van der Waals surface area (Å²) in [6.45, 7) is 2.30. The third-order valence-corrected chi connectivity index (χ3v) is 5.74. The van der Waals surface area contributed by atoms with Crippen LogP contribution in [0.15, 0.2) is 42.5 Å². The van der Waals surface area contributed by atoms with Crippen molar-refractivity contribution in [2.24, 2.45) is 5.92 Å². The number of nitrogens with zero attached hydrogens (tertiary/aromatic N) is 1. The van der Waals surface area contributed by atoms with Crippen LogP contribution in [0.25, 0.3) is 0 Å². The normalized spacial score (nSPS) is 20.2. The summed E-state index contributed by atoms with van der Waals surface area (Å²) in [5, 5.41) is 8.81. The molecule has 0 atom stereocenters. The van der Waals surface area contributed by atoms with Crippen LogP contribution >= 0.6 is 0 Å². The van der Waals surface area contributed by atoms with Gasteiger partial charge in [-0.2, -0.15) is 5.26 Å². The zero-order valence-corrected chi connectivity index (χ0v) is 15.0. The summed E-state index contributed by atoms with van der Waals surface area (Å²) < 4.78 is 14.0.